The standard InChI is InChI=1S/C15H25N3O4S/c1-5-21-13-6-8-18(12-7-9-22-14(12)13)23(19,20)15-10(2)16-17(4)11(15)3/h12-14H,5-9H2,1-4H3/t12-,13+,14-/m0/s1. The molecule has 3 atom stereocenters. The molecule has 0 amide bonds. The van der Waals surface area contributed by atoms with Gasteiger partial charge in [0.2, 0.25) is 10.0 Å². The lowest BCUT2D eigenvalue weighted by Crippen LogP contribution is -2.55. The number of aryl methyl sites for hydroxylation is 2. The minimum atomic E-state index is -3.58. The highest BCUT2D eigenvalue weighted by molar-refractivity contribution is 7.89. The fraction of sp³-hybridized carbons (Fsp3) is 0.800. The zero-order valence-electron chi connectivity index (χ0n) is 14.2. The molecule has 8 heteroatoms. The summed E-state index contributed by atoms with van der Waals surface area (Å²) in [5.41, 5.74) is 1.22. The van der Waals surface area contributed by atoms with Crippen LogP contribution in [0.3, 0.4) is 0 Å². The molecule has 3 heterocycles. The third-order valence-corrected chi connectivity index (χ3v) is 7.04. The summed E-state index contributed by atoms with van der Waals surface area (Å²) in [5, 5.41) is 4.26. The van der Waals surface area contributed by atoms with E-state index in [2.05, 4.69) is 5.10 Å². The molecule has 1 aromatic heterocycles. The van der Waals surface area contributed by atoms with Gasteiger partial charge >= 0.3 is 0 Å². The topological polar surface area (TPSA) is 73.7 Å². The molecule has 7 nitrogen and oxygen atoms in total. The van der Waals surface area contributed by atoms with E-state index in [0.717, 1.165) is 0 Å². The summed E-state index contributed by atoms with van der Waals surface area (Å²) < 4.78 is 41.2. The molecule has 0 bridgehead atoms. The second-order valence-corrected chi connectivity index (χ2v) is 8.04. The van der Waals surface area contributed by atoms with Gasteiger partial charge < -0.3 is 9.47 Å². The molecule has 2 aliphatic heterocycles. The van der Waals surface area contributed by atoms with Crippen LogP contribution in [0.4, 0.5) is 0 Å². The van der Waals surface area contributed by atoms with Crippen LogP contribution in [0.15, 0.2) is 4.90 Å². The summed E-state index contributed by atoms with van der Waals surface area (Å²) in [6.45, 7) is 7.15. The lowest BCUT2D eigenvalue weighted by molar-refractivity contribution is -0.0810. The Bertz CT molecular complexity index is 685. The van der Waals surface area contributed by atoms with Crippen LogP contribution in [0.1, 0.15) is 31.2 Å². The molecule has 0 aromatic carbocycles. The van der Waals surface area contributed by atoms with Crippen LogP contribution in [0.5, 0.6) is 0 Å². The summed E-state index contributed by atoms with van der Waals surface area (Å²) in [7, 11) is -1.81. The number of rotatable bonds is 4. The van der Waals surface area contributed by atoms with Crippen molar-refractivity contribution in [3.63, 3.8) is 0 Å². The first kappa shape index (κ1) is 16.9. The van der Waals surface area contributed by atoms with Gasteiger partial charge in [-0.25, -0.2) is 8.42 Å². The van der Waals surface area contributed by atoms with E-state index in [0.29, 0.717) is 48.9 Å². The van der Waals surface area contributed by atoms with Crippen LogP contribution < -0.4 is 0 Å². The minimum Gasteiger partial charge on any atom is -0.376 e. The van der Waals surface area contributed by atoms with E-state index < -0.39 is 10.0 Å². The summed E-state index contributed by atoms with van der Waals surface area (Å²) in [6.07, 6.45) is 1.18. The quantitative estimate of drug-likeness (QED) is 0.815. The molecule has 0 unspecified atom stereocenters. The van der Waals surface area contributed by atoms with Gasteiger partial charge in [0.25, 0.3) is 0 Å². The van der Waals surface area contributed by atoms with E-state index in [-0.39, 0.29) is 18.2 Å². The SMILES string of the molecule is CCO[C@@H]1CCN(S(=O)(=O)c2c(C)nn(C)c2C)[C@H]2CCO[C@H]12. The smallest absolute Gasteiger partial charge is 0.247 e. The predicted octanol–water partition coefficient (Wildman–Crippen LogP) is 0.994. The summed E-state index contributed by atoms with van der Waals surface area (Å²) in [4.78, 5) is 0.334. The minimum absolute atomic E-state index is 0.0185. The Labute approximate surface area is 137 Å². The second-order valence-electron chi connectivity index (χ2n) is 6.21. The molecule has 2 aliphatic rings. The Morgan fingerprint density at radius 3 is 2.70 bits per heavy atom. The molecular formula is C15H25N3O4S. The third-order valence-electron chi connectivity index (χ3n) is 4.86. The fourth-order valence-corrected chi connectivity index (χ4v) is 5.86. The summed E-state index contributed by atoms with van der Waals surface area (Å²) in [5.74, 6) is 0. The average molecular weight is 343 g/mol. The van der Waals surface area contributed by atoms with Gasteiger partial charge in [-0.2, -0.15) is 9.40 Å². The first-order valence-corrected chi connectivity index (χ1v) is 9.57. The van der Waals surface area contributed by atoms with Gasteiger partial charge in [0.1, 0.15) is 11.0 Å². The second kappa shape index (κ2) is 6.16. The highest BCUT2D eigenvalue weighted by Gasteiger charge is 2.48. The Kier molecular flexibility index (Phi) is 4.52. The van der Waals surface area contributed by atoms with Gasteiger partial charge in [0.05, 0.1) is 23.5 Å². The van der Waals surface area contributed by atoms with Crippen LogP contribution in [0, 0.1) is 13.8 Å². The van der Waals surface area contributed by atoms with E-state index >= 15 is 0 Å². The molecule has 23 heavy (non-hydrogen) atoms. The van der Waals surface area contributed by atoms with Gasteiger partial charge in [0.15, 0.2) is 0 Å². The molecule has 3 rings (SSSR count). The predicted molar refractivity (Wildman–Crippen MR) is 84.7 cm³/mol. The fourth-order valence-electron chi connectivity index (χ4n) is 3.78. The Morgan fingerprint density at radius 2 is 2.09 bits per heavy atom. The van der Waals surface area contributed by atoms with Crippen molar-refractivity contribution in [3.05, 3.63) is 11.4 Å². The van der Waals surface area contributed by atoms with Crippen LogP contribution in [0.2, 0.25) is 0 Å². The van der Waals surface area contributed by atoms with Crippen molar-refractivity contribution in [1.82, 2.24) is 14.1 Å². The maximum absolute atomic E-state index is 13.2. The summed E-state index contributed by atoms with van der Waals surface area (Å²) >= 11 is 0. The average Bonchev–Trinajstić information content (AvgIpc) is 3.05. The normalized spacial score (nSPS) is 29.0. The zero-order chi connectivity index (χ0) is 16.8. The molecule has 0 radical (unpaired) electrons. The Hall–Kier alpha value is -0.960. The van der Waals surface area contributed by atoms with Gasteiger partial charge in [0, 0.05) is 26.8 Å². The molecule has 2 saturated heterocycles. The van der Waals surface area contributed by atoms with Crippen molar-refractivity contribution in [2.24, 2.45) is 7.05 Å². The van der Waals surface area contributed by atoms with Crippen molar-refractivity contribution in [3.8, 4) is 0 Å². The highest BCUT2D eigenvalue weighted by atomic mass is 32.2. The first-order valence-electron chi connectivity index (χ1n) is 8.13. The number of nitrogens with zero attached hydrogens (tertiary/aromatic N) is 3. The Morgan fingerprint density at radius 1 is 1.35 bits per heavy atom. The van der Waals surface area contributed by atoms with Gasteiger partial charge in [-0.1, -0.05) is 0 Å². The Balaban J connectivity index is 1.95. The number of fused-ring (bicyclic) bond motifs is 1. The van der Waals surface area contributed by atoms with E-state index in [1.165, 1.54) is 0 Å². The molecule has 2 fully saturated rings. The molecule has 0 spiro atoms. The molecule has 0 N–H and O–H groups in total. The number of piperidine rings is 1. The van der Waals surface area contributed by atoms with Crippen LogP contribution in [-0.2, 0) is 26.5 Å². The van der Waals surface area contributed by atoms with Crippen molar-refractivity contribution < 1.29 is 17.9 Å². The number of aromatic nitrogens is 2. The van der Waals surface area contributed by atoms with Crippen LogP contribution >= 0.6 is 0 Å². The first-order chi connectivity index (χ1) is 10.9. The van der Waals surface area contributed by atoms with E-state index in [1.807, 2.05) is 6.92 Å². The number of hydrogen-bond donors (Lipinski definition) is 0. The van der Waals surface area contributed by atoms with Crippen molar-refractivity contribution >= 4 is 10.0 Å². The number of ether oxygens (including phenoxy) is 2. The lowest BCUT2D eigenvalue weighted by atomic mass is 9.98. The van der Waals surface area contributed by atoms with Gasteiger partial charge in [-0.3, -0.25) is 4.68 Å². The molecule has 0 saturated carbocycles. The largest absolute Gasteiger partial charge is 0.376 e. The lowest BCUT2D eigenvalue weighted by Gasteiger charge is -2.40. The van der Waals surface area contributed by atoms with Crippen molar-refractivity contribution in [1.29, 1.82) is 0 Å². The molecule has 0 aliphatic carbocycles. The van der Waals surface area contributed by atoms with Crippen molar-refractivity contribution in [2.45, 2.75) is 56.8 Å². The van der Waals surface area contributed by atoms with E-state index in [9.17, 15) is 8.42 Å². The van der Waals surface area contributed by atoms with Crippen LogP contribution in [-0.4, -0.2) is 60.5 Å². The third kappa shape index (κ3) is 2.71. The summed E-state index contributed by atoms with van der Waals surface area (Å²) in [6, 6.07) is -0.149. The van der Waals surface area contributed by atoms with Crippen LogP contribution in [0.25, 0.3) is 0 Å². The molecule has 1 aromatic rings. The maximum Gasteiger partial charge on any atom is 0.247 e. The van der Waals surface area contributed by atoms with Gasteiger partial charge in [-0.05, 0) is 33.6 Å². The van der Waals surface area contributed by atoms with E-state index in [1.54, 1.807) is 29.9 Å². The number of hydrogen-bond acceptors (Lipinski definition) is 5. The highest BCUT2D eigenvalue weighted by Crippen LogP contribution is 2.35. The van der Waals surface area contributed by atoms with E-state index in [4.69, 9.17) is 9.47 Å². The molecule has 130 valence electrons. The zero-order valence-corrected chi connectivity index (χ0v) is 15.0. The number of sulfonamides is 1. The maximum atomic E-state index is 13.2. The molecular weight excluding hydrogens is 318 g/mol. The van der Waals surface area contributed by atoms with Gasteiger partial charge in [-0.15, -0.1) is 0 Å². The monoisotopic (exact) mass is 343 g/mol. The van der Waals surface area contributed by atoms with Crippen molar-refractivity contribution in [2.75, 3.05) is 19.8 Å².